The van der Waals surface area contributed by atoms with Gasteiger partial charge in [0.25, 0.3) is 5.91 Å². The zero-order valence-electron chi connectivity index (χ0n) is 11.6. The number of carbonyl (C=O) groups excluding carboxylic acids is 2. The quantitative estimate of drug-likeness (QED) is 0.811. The molecule has 104 valence electrons. The van der Waals surface area contributed by atoms with E-state index in [9.17, 15) is 9.59 Å². The van der Waals surface area contributed by atoms with Crippen LogP contribution in [-0.4, -0.2) is 36.1 Å². The minimum atomic E-state index is -0.490. The van der Waals surface area contributed by atoms with E-state index < -0.39 is 5.91 Å². The van der Waals surface area contributed by atoms with Gasteiger partial charge in [-0.05, 0) is 24.3 Å². The van der Waals surface area contributed by atoms with Crippen LogP contribution < -0.4 is 5.73 Å². The molecule has 0 spiro atoms. The van der Waals surface area contributed by atoms with Crippen LogP contribution in [0.15, 0.2) is 29.2 Å². The van der Waals surface area contributed by atoms with E-state index in [1.807, 2.05) is 38.3 Å². The second-order valence-corrected chi connectivity index (χ2v) is 5.59. The van der Waals surface area contributed by atoms with E-state index >= 15 is 0 Å². The fourth-order valence-electron chi connectivity index (χ4n) is 1.84. The summed E-state index contributed by atoms with van der Waals surface area (Å²) in [4.78, 5) is 26.0. The normalized spacial score (nSPS) is 10.5. The summed E-state index contributed by atoms with van der Waals surface area (Å²) in [5, 5.41) is 0. The maximum atomic E-state index is 12.5. The van der Waals surface area contributed by atoms with Gasteiger partial charge in [-0.15, -0.1) is 11.8 Å². The van der Waals surface area contributed by atoms with Gasteiger partial charge in [-0.2, -0.15) is 0 Å². The highest BCUT2D eigenvalue weighted by molar-refractivity contribution is 7.98. The van der Waals surface area contributed by atoms with Crippen LogP contribution in [0.1, 0.15) is 24.2 Å². The van der Waals surface area contributed by atoms with Gasteiger partial charge in [0.05, 0.1) is 12.1 Å². The topological polar surface area (TPSA) is 63.4 Å². The zero-order valence-corrected chi connectivity index (χ0v) is 12.4. The summed E-state index contributed by atoms with van der Waals surface area (Å²) in [5.74, 6) is -0.349. The van der Waals surface area contributed by atoms with Crippen molar-refractivity contribution in [1.29, 1.82) is 0 Å². The molecule has 2 amide bonds. The number of nitrogens with two attached hydrogens (primary N) is 1. The lowest BCUT2D eigenvalue weighted by Crippen LogP contribution is -2.40. The Hall–Kier alpha value is -1.49. The number of amides is 2. The van der Waals surface area contributed by atoms with Crippen molar-refractivity contribution in [2.24, 2.45) is 11.7 Å². The van der Waals surface area contributed by atoms with Gasteiger partial charge in [0.2, 0.25) is 5.91 Å². The Balaban J connectivity index is 3.00. The van der Waals surface area contributed by atoms with Crippen molar-refractivity contribution < 1.29 is 9.59 Å². The summed E-state index contributed by atoms with van der Waals surface area (Å²) in [6.07, 6.45) is 1.92. The molecule has 0 heterocycles. The third-order valence-corrected chi connectivity index (χ3v) is 3.35. The standard InChI is InChI=1S/C14H20N2O2S/c1-10(2)8-16(9-13(15)17)14(18)11-6-4-5-7-12(11)19-3/h4-7,10H,8-9H2,1-3H3,(H2,15,17). The number of benzene rings is 1. The van der Waals surface area contributed by atoms with Crippen molar-refractivity contribution in [1.82, 2.24) is 4.90 Å². The average molecular weight is 280 g/mol. The lowest BCUT2D eigenvalue weighted by Gasteiger charge is -2.24. The summed E-state index contributed by atoms with van der Waals surface area (Å²) in [6.45, 7) is 4.48. The van der Waals surface area contributed by atoms with E-state index in [4.69, 9.17) is 5.73 Å². The van der Waals surface area contributed by atoms with Gasteiger partial charge >= 0.3 is 0 Å². The van der Waals surface area contributed by atoms with Gasteiger partial charge in [0.1, 0.15) is 0 Å². The van der Waals surface area contributed by atoms with Gasteiger partial charge in [-0.3, -0.25) is 9.59 Å². The Morgan fingerprint density at radius 3 is 2.47 bits per heavy atom. The number of hydrogen-bond donors (Lipinski definition) is 1. The number of primary amides is 1. The van der Waals surface area contributed by atoms with Crippen LogP contribution in [0.4, 0.5) is 0 Å². The molecule has 5 heteroatoms. The molecule has 1 aromatic carbocycles. The predicted octanol–water partition coefficient (Wildman–Crippen LogP) is 1.99. The molecule has 0 aliphatic rings. The number of nitrogens with zero attached hydrogens (tertiary/aromatic N) is 1. The van der Waals surface area contributed by atoms with E-state index in [1.54, 1.807) is 6.07 Å². The van der Waals surface area contributed by atoms with E-state index in [0.717, 1.165) is 4.90 Å². The Labute approximate surface area is 118 Å². The monoisotopic (exact) mass is 280 g/mol. The summed E-state index contributed by atoms with van der Waals surface area (Å²) in [6, 6.07) is 7.40. The maximum Gasteiger partial charge on any atom is 0.255 e. The molecular formula is C14H20N2O2S. The molecule has 0 aromatic heterocycles. The zero-order chi connectivity index (χ0) is 14.4. The van der Waals surface area contributed by atoms with Crippen molar-refractivity contribution in [2.45, 2.75) is 18.7 Å². The molecule has 4 nitrogen and oxygen atoms in total. The first kappa shape index (κ1) is 15.6. The molecule has 1 rings (SSSR count). The lowest BCUT2D eigenvalue weighted by molar-refractivity contribution is -0.118. The van der Waals surface area contributed by atoms with Gasteiger partial charge < -0.3 is 10.6 Å². The van der Waals surface area contributed by atoms with Crippen molar-refractivity contribution >= 4 is 23.6 Å². The summed E-state index contributed by atoms with van der Waals surface area (Å²) < 4.78 is 0. The SMILES string of the molecule is CSc1ccccc1C(=O)N(CC(N)=O)CC(C)C. The highest BCUT2D eigenvalue weighted by atomic mass is 32.2. The molecule has 0 saturated carbocycles. The average Bonchev–Trinajstić information content (AvgIpc) is 2.36. The van der Waals surface area contributed by atoms with Crippen LogP contribution in [0, 0.1) is 5.92 Å². The number of carbonyl (C=O) groups is 2. The van der Waals surface area contributed by atoms with Crippen molar-refractivity contribution in [2.75, 3.05) is 19.3 Å². The number of hydrogen-bond acceptors (Lipinski definition) is 3. The second kappa shape index (κ2) is 7.19. The number of rotatable bonds is 6. The van der Waals surface area contributed by atoms with E-state index in [1.165, 1.54) is 16.7 Å². The molecule has 1 aromatic rings. The minimum absolute atomic E-state index is 0.0419. The molecule has 0 saturated heterocycles. The molecule has 0 aliphatic carbocycles. The third kappa shape index (κ3) is 4.59. The molecule has 0 aliphatic heterocycles. The van der Waals surface area contributed by atoms with Gasteiger partial charge in [-0.25, -0.2) is 0 Å². The Morgan fingerprint density at radius 2 is 1.95 bits per heavy atom. The van der Waals surface area contributed by atoms with Gasteiger partial charge in [0.15, 0.2) is 0 Å². The molecule has 0 bridgehead atoms. The third-order valence-electron chi connectivity index (χ3n) is 2.56. The van der Waals surface area contributed by atoms with Crippen molar-refractivity contribution in [3.8, 4) is 0 Å². The smallest absolute Gasteiger partial charge is 0.255 e. The molecule has 0 unspecified atom stereocenters. The molecule has 2 N–H and O–H groups in total. The van der Waals surface area contributed by atoms with Crippen molar-refractivity contribution in [3.05, 3.63) is 29.8 Å². The fraction of sp³-hybridized carbons (Fsp3) is 0.429. The summed E-state index contributed by atoms with van der Waals surface area (Å²) in [5.41, 5.74) is 5.84. The first-order valence-corrected chi connectivity index (χ1v) is 7.38. The van der Waals surface area contributed by atoms with Gasteiger partial charge in [0, 0.05) is 11.4 Å². The Bertz CT molecular complexity index is 461. The fourth-order valence-corrected chi connectivity index (χ4v) is 2.43. The Kier molecular flexibility index (Phi) is 5.89. The first-order chi connectivity index (χ1) is 8.95. The summed E-state index contributed by atoms with van der Waals surface area (Å²) in [7, 11) is 0. The van der Waals surface area contributed by atoms with Gasteiger partial charge in [-0.1, -0.05) is 26.0 Å². The van der Waals surface area contributed by atoms with Crippen LogP contribution in [-0.2, 0) is 4.79 Å². The highest BCUT2D eigenvalue weighted by Crippen LogP contribution is 2.21. The maximum absolute atomic E-state index is 12.5. The van der Waals surface area contributed by atoms with E-state index in [0.29, 0.717) is 12.1 Å². The summed E-state index contributed by atoms with van der Waals surface area (Å²) >= 11 is 1.52. The molecule has 19 heavy (non-hydrogen) atoms. The van der Waals surface area contributed by atoms with E-state index in [-0.39, 0.29) is 18.4 Å². The predicted molar refractivity (Wildman–Crippen MR) is 78.2 cm³/mol. The van der Waals surface area contributed by atoms with Crippen molar-refractivity contribution in [3.63, 3.8) is 0 Å². The minimum Gasteiger partial charge on any atom is -0.368 e. The molecule has 0 radical (unpaired) electrons. The van der Waals surface area contributed by atoms with E-state index in [2.05, 4.69) is 0 Å². The van der Waals surface area contributed by atoms with Crippen LogP contribution >= 0.6 is 11.8 Å². The second-order valence-electron chi connectivity index (χ2n) is 4.75. The highest BCUT2D eigenvalue weighted by Gasteiger charge is 2.20. The first-order valence-electron chi connectivity index (χ1n) is 6.16. The molecule has 0 atom stereocenters. The Morgan fingerprint density at radius 1 is 1.32 bits per heavy atom. The largest absolute Gasteiger partial charge is 0.368 e. The van der Waals surface area contributed by atoms with Crippen LogP contribution in [0.5, 0.6) is 0 Å². The molecule has 0 fully saturated rings. The molecular weight excluding hydrogens is 260 g/mol. The lowest BCUT2D eigenvalue weighted by atomic mass is 10.1. The van der Waals surface area contributed by atoms with Crippen LogP contribution in [0.3, 0.4) is 0 Å². The van der Waals surface area contributed by atoms with Crippen LogP contribution in [0.2, 0.25) is 0 Å². The number of thioether (sulfide) groups is 1. The van der Waals surface area contributed by atoms with Crippen LogP contribution in [0.25, 0.3) is 0 Å².